The van der Waals surface area contributed by atoms with Gasteiger partial charge in [0.2, 0.25) is 0 Å². The average molecular weight is 248 g/mol. The lowest BCUT2D eigenvalue weighted by molar-refractivity contribution is -0.0707. The normalized spacial score (nSPS) is 24.8. The molecule has 2 atom stereocenters. The molecular weight excluding hydrogens is 231 g/mol. The lowest BCUT2D eigenvalue weighted by Crippen LogP contribution is -2.44. The molecule has 0 aromatic heterocycles. The summed E-state index contributed by atoms with van der Waals surface area (Å²) in [5.41, 5.74) is 1.08. The van der Waals surface area contributed by atoms with E-state index in [0.717, 1.165) is 13.1 Å². The number of morpholine rings is 1. The van der Waals surface area contributed by atoms with E-state index in [4.69, 9.17) is 10.00 Å². The van der Waals surface area contributed by atoms with Gasteiger partial charge in [-0.2, -0.15) is 5.26 Å². The van der Waals surface area contributed by atoms with Crippen LogP contribution >= 0.6 is 0 Å². The van der Waals surface area contributed by atoms with Gasteiger partial charge in [-0.15, -0.1) is 0 Å². The van der Waals surface area contributed by atoms with Crippen molar-refractivity contribution >= 4 is 0 Å². The monoisotopic (exact) mass is 248 g/mol. The SMILES string of the molecule is C[C@@H]1CN(Cc2cc(C#N)ccc2F)C[C@@H](C)O1. The van der Waals surface area contributed by atoms with Crippen molar-refractivity contribution < 1.29 is 9.13 Å². The van der Waals surface area contributed by atoms with Gasteiger partial charge in [-0.05, 0) is 32.0 Å². The van der Waals surface area contributed by atoms with E-state index in [9.17, 15) is 4.39 Å². The van der Waals surface area contributed by atoms with Gasteiger partial charge in [-0.25, -0.2) is 4.39 Å². The van der Waals surface area contributed by atoms with Crippen molar-refractivity contribution in [2.24, 2.45) is 0 Å². The first-order valence-electron chi connectivity index (χ1n) is 6.15. The van der Waals surface area contributed by atoms with Gasteiger partial charge in [0.1, 0.15) is 5.82 Å². The minimum Gasteiger partial charge on any atom is -0.373 e. The molecular formula is C14H17FN2O. The van der Waals surface area contributed by atoms with Crippen molar-refractivity contribution in [3.8, 4) is 6.07 Å². The topological polar surface area (TPSA) is 36.3 Å². The van der Waals surface area contributed by atoms with Gasteiger partial charge in [-0.3, -0.25) is 4.90 Å². The van der Waals surface area contributed by atoms with Crippen LogP contribution in [0.2, 0.25) is 0 Å². The van der Waals surface area contributed by atoms with Crippen LogP contribution in [0.5, 0.6) is 0 Å². The van der Waals surface area contributed by atoms with Crippen LogP contribution in [0.15, 0.2) is 18.2 Å². The third-order valence-electron chi connectivity index (χ3n) is 3.06. The molecule has 0 bridgehead atoms. The zero-order valence-electron chi connectivity index (χ0n) is 10.7. The first-order chi connectivity index (χ1) is 8.58. The molecule has 0 radical (unpaired) electrons. The highest BCUT2D eigenvalue weighted by atomic mass is 19.1. The molecule has 0 saturated carbocycles. The largest absolute Gasteiger partial charge is 0.373 e. The fraction of sp³-hybridized carbons (Fsp3) is 0.500. The Labute approximate surface area is 107 Å². The van der Waals surface area contributed by atoms with Crippen LogP contribution in [0.1, 0.15) is 25.0 Å². The van der Waals surface area contributed by atoms with Crippen LogP contribution in [0.3, 0.4) is 0 Å². The van der Waals surface area contributed by atoms with E-state index in [1.807, 2.05) is 19.9 Å². The first kappa shape index (κ1) is 13.0. The summed E-state index contributed by atoms with van der Waals surface area (Å²) in [5.74, 6) is -0.249. The van der Waals surface area contributed by atoms with E-state index >= 15 is 0 Å². The van der Waals surface area contributed by atoms with Crippen molar-refractivity contribution in [3.05, 3.63) is 35.1 Å². The maximum absolute atomic E-state index is 13.7. The van der Waals surface area contributed by atoms with Gasteiger partial charge >= 0.3 is 0 Å². The van der Waals surface area contributed by atoms with E-state index in [-0.39, 0.29) is 18.0 Å². The predicted molar refractivity (Wildman–Crippen MR) is 66.4 cm³/mol. The maximum atomic E-state index is 13.7. The first-order valence-corrected chi connectivity index (χ1v) is 6.15. The van der Waals surface area contributed by atoms with Crippen LogP contribution in [-0.2, 0) is 11.3 Å². The van der Waals surface area contributed by atoms with Gasteiger partial charge in [0.15, 0.2) is 0 Å². The molecule has 1 aromatic rings. The van der Waals surface area contributed by atoms with E-state index in [1.165, 1.54) is 12.1 Å². The van der Waals surface area contributed by atoms with Gasteiger partial charge in [0, 0.05) is 25.2 Å². The highest BCUT2D eigenvalue weighted by Crippen LogP contribution is 2.17. The minimum absolute atomic E-state index is 0.163. The van der Waals surface area contributed by atoms with Crippen LogP contribution in [0.4, 0.5) is 4.39 Å². The van der Waals surface area contributed by atoms with E-state index < -0.39 is 0 Å². The van der Waals surface area contributed by atoms with E-state index in [0.29, 0.717) is 17.7 Å². The lowest BCUT2D eigenvalue weighted by atomic mass is 10.1. The number of nitriles is 1. The molecule has 0 aliphatic carbocycles. The molecule has 1 heterocycles. The Morgan fingerprint density at radius 1 is 1.39 bits per heavy atom. The number of halogens is 1. The number of hydrogen-bond acceptors (Lipinski definition) is 3. The number of rotatable bonds is 2. The van der Waals surface area contributed by atoms with E-state index in [2.05, 4.69) is 4.90 Å². The number of hydrogen-bond donors (Lipinski definition) is 0. The van der Waals surface area contributed by atoms with Crippen LogP contribution in [0.25, 0.3) is 0 Å². The molecule has 0 N–H and O–H groups in total. The summed E-state index contributed by atoms with van der Waals surface area (Å²) in [5, 5.41) is 8.84. The fourth-order valence-corrected chi connectivity index (χ4v) is 2.42. The Kier molecular flexibility index (Phi) is 3.95. The lowest BCUT2D eigenvalue weighted by Gasteiger charge is -2.35. The summed E-state index contributed by atoms with van der Waals surface area (Å²) in [4.78, 5) is 2.17. The van der Waals surface area contributed by atoms with Gasteiger partial charge in [-0.1, -0.05) is 0 Å². The molecule has 1 aliphatic heterocycles. The quantitative estimate of drug-likeness (QED) is 0.805. The van der Waals surface area contributed by atoms with Gasteiger partial charge in [0.25, 0.3) is 0 Å². The maximum Gasteiger partial charge on any atom is 0.127 e. The smallest absolute Gasteiger partial charge is 0.127 e. The number of ether oxygens (including phenoxy) is 1. The Hall–Kier alpha value is -1.44. The Morgan fingerprint density at radius 2 is 2.06 bits per heavy atom. The molecule has 0 spiro atoms. The highest BCUT2D eigenvalue weighted by molar-refractivity contribution is 5.33. The molecule has 1 fully saturated rings. The van der Waals surface area contributed by atoms with Crippen LogP contribution < -0.4 is 0 Å². The van der Waals surface area contributed by atoms with Crippen molar-refractivity contribution in [3.63, 3.8) is 0 Å². The summed E-state index contributed by atoms with van der Waals surface area (Å²) in [6.45, 7) is 6.15. The second kappa shape index (κ2) is 5.47. The third-order valence-corrected chi connectivity index (χ3v) is 3.06. The predicted octanol–water partition coefficient (Wildman–Crippen LogP) is 2.31. The molecule has 1 aliphatic rings. The molecule has 4 heteroatoms. The van der Waals surface area contributed by atoms with Crippen LogP contribution in [-0.4, -0.2) is 30.2 Å². The highest BCUT2D eigenvalue weighted by Gasteiger charge is 2.22. The summed E-state index contributed by atoms with van der Waals surface area (Å²) in [7, 11) is 0. The van der Waals surface area contributed by atoms with Crippen molar-refractivity contribution in [2.75, 3.05) is 13.1 Å². The molecule has 96 valence electrons. The van der Waals surface area contributed by atoms with Gasteiger partial charge in [0.05, 0.1) is 23.8 Å². The Bertz CT molecular complexity index is 459. The van der Waals surface area contributed by atoms with Crippen molar-refractivity contribution in [2.45, 2.75) is 32.6 Å². The summed E-state index contributed by atoms with van der Waals surface area (Å²) >= 11 is 0. The van der Waals surface area contributed by atoms with Crippen molar-refractivity contribution in [1.82, 2.24) is 4.90 Å². The molecule has 1 aromatic carbocycles. The molecule has 2 rings (SSSR count). The summed E-state index contributed by atoms with van der Waals surface area (Å²) in [6, 6.07) is 6.53. The zero-order chi connectivity index (χ0) is 13.1. The molecule has 18 heavy (non-hydrogen) atoms. The number of benzene rings is 1. The Balaban J connectivity index is 2.11. The Morgan fingerprint density at radius 3 is 2.67 bits per heavy atom. The zero-order valence-corrected chi connectivity index (χ0v) is 10.7. The number of nitrogens with zero attached hydrogens (tertiary/aromatic N) is 2. The second-order valence-electron chi connectivity index (χ2n) is 4.87. The van der Waals surface area contributed by atoms with Crippen LogP contribution in [0, 0.1) is 17.1 Å². The minimum atomic E-state index is -0.249. The second-order valence-corrected chi connectivity index (χ2v) is 4.87. The summed E-state index contributed by atoms with van der Waals surface area (Å²) < 4.78 is 19.3. The van der Waals surface area contributed by atoms with Gasteiger partial charge < -0.3 is 4.74 Å². The molecule has 1 saturated heterocycles. The standard InChI is InChI=1S/C14H17FN2O/c1-10-7-17(8-11(2)18-10)9-13-5-12(6-16)3-4-14(13)15/h3-5,10-11H,7-9H2,1-2H3/t10-,11-/m1/s1. The fourth-order valence-electron chi connectivity index (χ4n) is 2.42. The molecule has 0 unspecified atom stereocenters. The van der Waals surface area contributed by atoms with Crippen molar-refractivity contribution in [1.29, 1.82) is 5.26 Å². The average Bonchev–Trinajstić information content (AvgIpc) is 2.30. The van der Waals surface area contributed by atoms with E-state index in [1.54, 1.807) is 6.07 Å². The molecule has 3 nitrogen and oxygen atoms in total. The summed E-state index contributed by atoms with van der Waals surface area (Å²) in [6.07, 6.45) is 0.326. The molecule has 0 amide bonds. The third kappa shape index (κ3) is 3.06.